The van der Waals surface area contributed by atoms with Crippen LogP contribution in [0.15, 0.2) is 24.5 Å². The largest absolute Gasteiger partial charge is 0.338 e. The second kappa shape index (κ2) is 7.39. The topological polar surface area (TPSA) is 73.8 Å². The van der Waals surface area contributed by atoms with Gasteiger partial charge in [-0.05, 0) is 36.8 Å². The second-order valence-corrected chi connectivity index (χ2v) is 9.25. The molecule has 8 heteroatoms. The zero-order chi connectivity index (χ0) is 18.0. The van der Waals surface area contributed by atoms with Gasteiger partial charge in [0.2, 0.25) is 5.91 Å². The molecular formula is C17H26N4O3S. The molecule has 3 aliphatic heterocycles. The van der Waals surface area contributed by atoms with Crippen LogP contribution in [0.25, 0.3) is 0 Å². The van der Waals surface area contributed by atoms with Crippen LogP contribution in [0.2, 0.25) is 0 Å². The Kier molecular flexibility index (Phi) is 5.41. The van der Waals surface area contributed by atoms with E-state index in [1.54, 1.807) is 30.8 Å². The van der Waals surface area contributed by atoms with E-state index in [0.29, 0.717) is 32.5 Å². The first kappa shape index (κ1) is 18.3. The molecule has 2 atom stereocenters. The third-order valence-electron chi connectivity index (χ3n) is 5.14. The summed E-state index contributed by atoms with van der Waals surface area (Å²) in [5, 5.41) is 0. The normalized spacial score (nSPS) is 24.5. The molecule has 4 rings (SSSR count). The fraction of sp³-hybridized carbons (Fsp3) is 0.647. The summed E-state index contributed by atoms with van der Waals surface area (Å²) in [4.78, 5) is 18.7. The van der Waals surface area contributed by atoms with E-state index in [1.807, 2.05) is 17.0 Å². The number of piperidine rings is 1. The Labute approximate surface area is 149 Å². The van der Waals surface area contributed by atoms with Crippen LogP contribution >= 0.6 is 0 Å². The third-order valence-corrected chi connectivity index (χ3v) is 7.01. The van der Waals surface area contributed by atoms with Gasteiger partial charge < -0.3 is 4.90 Å². The first-order chi connectivity index (χ1) is 11.9. The van der Waals surface area contributed by atoms with Crippen molar-refractivity contribution in [2.45, 2.75) is 31.7 Å². The molecule has 2 bridgehead atoms. The molecule has 7 nitrogen and oxygen atoms in total. The molecule has 3 aliphatic rings. The van der Waals surface area contributed by atoms with Gasteiger partial charge in [0.25, 0.3) is 10.2 Å². The minimum Gasteiger partial charge on any atom is -0.338 e. The summed E-state index contributed by atoms with van der Waals surface area (Å²) in [5.74, 6) is 0.332. The zero-order valence-corrected chi connectivity index (χ0v) is 15.7. The van der Waals surface area contributed by atoms with Crippen molar-refractivity contribution in [1.82, 2.24) is 18.5 Å². The minimum atomic E-state index is -3.43. The number of aromatic nitrogens is 1. The van der Waals surface area contributed by atoms with Gasteiger partial charge in [-0.15, -0.1) is 0 Å². The lowest BCUT2D eigenvalue weighted by Gasteiger charge is -2.36. The fourth-order valence-electron chi connectivity index (χ4n) is 3.70. The lowest BCUT2D eigenvalue weighted by atomic mass is 9.94. The Morgan fingerprint density at radius 3 is 2.76 bits per heavy atom. The number of carbonyl (C=O) groups excluding carboxylic acids is 1. The lowest BCUT2D eigenvalue weighted by Crippen LogP contribution is -2.48. The molecule has 138 valence electrons. The Balaban J connectivity index is 1.67. The van der Waals surface area contributed by atoms with Crippen LogP contribution in [-0.2, 0) is 21.4 Å². The fourth-order valence-corrected chi connectivity index (χ4v) is 4.93. The molecular weight excluding hydrogens is 340 g/mol. The zero-order valence-electron chi connectivity index (χ0n) is 14.8. The van der Waals surface area contributed by atoms with Crippen molar-refractivity contribution in [3.63, 3.8) is 0 Å². The molecule has 1 aromatic rings. The van der Waals surface area contributed by atoms with Crippen LogP contribution in [0.5, 0.6) is 0 Å². The van der Waals surface area contributed by atoms with Gasteiger partial charge in [-0.25, -0.2) is 0 Å². The number of pyridine rings is 1. The lowest BCUT2D eigenvalue weighted by molar-refractivity contribution is -0.135. The molecule has 3 saturated heterocycles. The molecule has 1 aromatic heterocycles. The van der Waals surface area contributed by atoms with Crippen molar-refractivity contribution in [3.8, 4) is 0 Å². The number of rotatable bonds is 5. The maximum absolute atomic E-state index is 12.7. The third kappa shape index (κ3) is 4.02. The Morgan fingerprint density at radius 2 is 2.08 bits per heavy atom. The van der Waals surface area contributed by atoms with E-state index in [9.17, 15) is 13.2 Å². The van der Waals surface area contributed by atoms with Crippen LogP contribution in [0.1, 0.15) is 24.8 Å². The van der Waals surface area contributed by atoms with E-state index < -0.39 is 10.2 Å². The van der Waals surface area contributed by atoms with Gasteiger partial charge in [-0.2, -0.15) is 17.0 Å². The highest BCUT2D eigenvalue weighted by Gasteiger charge is 2.41. The van der Waals surface area contributed by atoms with E-state index >= 15 is 0 Å². The molecule has 0 saturated carbocycles. The summed E-state index contributed by atoms with van der Waals surface area (Å²) in [6.07, 6.45) is 6.47. The number of hydrogen-bond donors (Lipinski definition) is 0. The monoisotopic (exact) mass is 366 g/mol. The molecule has 0 spiro atoms. The highest BCUT2D eigenvalue weighted by atomic mass is 32.2. The molecule has 1 amide bonds. The highest BCUT2D eigenvalue weighted by molar-refractivity contribution is 7.86. The summed E-state index contributed by atoms with van der Waals surface area (Å²) < 4.78 is 27.8. The molecule has 0 radical (unpaired) electrons. The summed E-state index contributed by atoms with van der Waals surface area (Å²) >= 11 is 0. The molecule has 25 heavy (non-hydrogen) atoms. The van der Waals surface area contributed by atoms with E-state index in [0.717, 1.165) is 18.4 Å². The average molecular weight is 366 g/mol. The van der Waals surface area contributed by atoms with Crippen LogP contribution in [0.4, 0.5) is 0 Å². The standard InChI is InChI=1S/C17H26N4O3S/c1-19(2)25(23,24)20-11-15-5-7-16(13-20)21(12-15)17(22)8-6-14-4-3-9-18-10-14/h3-4,9-10,15-16H,5-8,11-13H2,1-2H3/t15-,16+/m1/s1. The Bertz CT molecular complexity index is 708. The quantitative estimate of drug-likeness (QED) is 0.771. The van der Waals surface area contributed by atoms with Gasteiger partial charge in [-0.1, -0.05) is 6.07 Å². The van der Waals surface area contributed by atoms with E-state index in [4.69, 9.17) is 0 Å². The van der Waals surface area contributed by atoms with Crippen molar-refractivity contribution in [2.24, 2.45) is 5.92 Å². The first-order valence-corrected chi connectivity index (χ1v) is 10.1. The van der Waals surface area contributed by atoms with Gasteiger partial charge in [0.15, 0.2) is 0 Å². The summed E-state index contributed by atoms with van der Waals surface area (Å²) in [7, 11) is -0.324. The van der Waals surface area contributed by atoms with Gasteiger partial charge in [0.1, 0.15) is 0 Å². The van der Waals surface area contributed by atoms with Crippen molar-refractivity contribution in [2.75, 3.05) is 33.7 Å². The predicted octanol–water partition coefficient (Wildman–Crippen LogP) is 0.743. The summed E-state index contributed by atoms with van der Waals surface area (Å²) in [6, 6.07) is 3.83. The van der Waals surface area contributed by atoms with Crippen LogP contribution in [-0.4, -0.2) is 72.6 Å². The van der Waals surface area contributed by atoms with Gasteiger partial charge in [-0.3, -0.25) is 9.78 Å². The molecule has 0 unspecified atom stereocenters. The number of carbonyl (C=O) groups is 1. The molecule has 0 aromatic carbocycles. The Morgan fingerprint density at radius 1 is 1.28 bits per heavy atom. The van der Waals surface area contributed by atoms with E-state index in [1.165, 1.54) is 4.31 Å². The van der Waals surface area contributed by atoms with Crippen LogP contribution in [0, 0.1) is 5.92 Å². The number of hydrogen-bond acceptors (Lipinski definition) is 4. The Hall–Kier alpha value is -1.51. The number of nitrogens with zero attached hydrogens (tertiary/aromatic N) is 4. The number of aryl methyl sites for hydroxylation is 1. The molecule has 4 heterocycles. The van der Waals surface area contributed by atoms with Crippen molar-refractivity contribution < 1.29 is 13.2 Å². The first-order valence-electron chi connectivity index (χ1n) is 8.74. The second-order valence-electron chi connectivity index (χ2n) is 7.11. The molecule has 0 aliphatic carbocycles. The van der Waals surface area contributed by atoms with Crippen molar-refractivity contribution >= 4 is 16.1 Å². The number of fused-ring (bicyclic) bond motifs is 4. The maximum Gasteiger partial charge on any atom is 0.281 e. The highest BCUT2D eigenvalue weighted by Crippen LogP contribution is 2.30. The molecule has 3 fully saturated rings. The van der Waals surface area contributed by atoms with Crippen LogP contribution in [0.3, 0.4) is 0 Å². The van der Waals surface area contributed by atoms with E-state index in [2.05, 4.69) is 4.98 Å². The SMILES string of the molecule is CN(C)S(=O)(=O)N1C[C@H]2CC[C@@H](C1)N(C(=O)CCc1cccnc1)C2. The maximum atomic E-state index is 12.7. The predicted molar refractivity (Wildman–Crippen MR) is 95.0 cm³/mol. The summed E-state index contributed by atoms with van der Waals surface area (Å²) in [6.45, 7) is 1.56. The van der Waals surface area contributed by atoms with Crippen molar-refractivity contribution in [3.05, 3.63) is 30.1 Å². The average Bonchev–Trinajstić information content (AvgIpc) is 2.93. The van der Waals surface area contributed by atoms with Gasteiger partial charge >= 0.3 is 0 Å². The smallest absolute Gasteiger partial charge is 0.281 e. The summed E-state index contributed by atoms with van der Waals surface area (Å²) in [5.41, 5.74) is 1.05. The van der Waals surface area contributed by atoms with Gasteiger partial charge in [0.05, 0.1) is 0 Å². The minimum absolute atomic E-state index is 0.0186. The molecule has 0 N–H and O–H groups in total. The van der Waals surface area contributed by atoms with Crippen LogP contribution < -0.4 is 0 Å². The van der Waals surface area contributed by atoms with Crippen molar-refractivity contribution in [1.29, 1.82) is 0 Å². The van der Waals surface area contributed by atoms with E-state index in [-0.39, 0.29) is 17.9 Å². The number of amides is 1. The van der Waals surface area contributed by atoms with Gasteiger partial charge in [0, 0.05) is 58.6 Å².